The number of morpholine rings is 2. The molecule has 7 rings (SSSR count). The highest BCUT2D eigenvalue weighted by Crippen LogP contribution is 2.36. The summed E-state index contributed by atoms with van der Waals surface area (Å²) in [7, 11) is 2.22. The van der Waals surface area contributed by atoms with Crippen molar-refractivity contribution in [1.29, 1.82) is 0 Å². The summed E-state index contributed by atoms with van der Waals surface area (Å²) in [6, 6.07) is 0.492. The minimum atomic E-state index is -0.356. The minimum Gasteiger partial charge on any atom is -0.390 e. The van der Waals surface area contributed by atoms with E-state index in [1.807, 2.05) is 11.8 Å². The van der Waals surface area contributed by atoms with Crippen LogP contribution in [-0.2, 0) is 23.8 Å². The van der Waals surface area contributed by atoms with Gasteiger partial charge in [0.1, 0.15) is 0 Å². The topological polar surface area (TPSA) is 107 Å². The summed E-state index contributed by atoms with van der Waals surface area (Å²) in [6.45, 7) is 64.0. The lowest BCUT2D eigenvalue weighted by Gasteiger charge is -2.34. The lowest BCUT2D eigenvalue weighted by Crippen LogP contribution is -2.50. The largest absolute Gasteiger partial charge is 0.390 e. The zero-order chi connectivity index (χ0) is 60.7. The quantitative estimate of drug-likeness (QED) is 0.209. The molecule has 2 saturated carbocycles. The summed E-state index contributed by atoms with van der Waals surface area (Å²) >= 11 is 0. The summed E-state index contributed by atoms with van der Waals surface area (Å²) in [5, 5.41) is 12.5. The zero-order valence-corrected chi connectivity index (χ0v) is 57.2. The maximum absolute atomic E-state index is 11.5. The van der Waals surface area contributed by atoms with Gasteiger partial charge < -0.3 is 34.4 Å². The van der Waals surface area contributed by atoms with Crippen LogP contribution in [0.15, 0.2) is 0 Å². The molecule has 2 amide bonds. The molecule has 5 aliphatic heterocycles. The lowest BCUT2D eigenvalue weighted by atomic mass is 9.75. The van der Waals surface area contributed by atoms with Crippen LogP contribution in [0.5, 0.6) is 0 Å². The first-order valence-corrected chi connectivity index (χ1v) is 33.0. The lowest BCUT2D eigenvalue weighted by molar-refractivity contribution is -0.136. The molecular formula is C68H141N5O6. The average molecular weight is 1120 g/mol. The van der Waals surface area contributed by atoms with E-state index in [0.717, 1.165) is 150 Å². The summed E-state index contributed by atoms with van der Waals surface area (Å²) in [4.78, 5) is 31.3. The standard InChI is InChI=1S/C10H20O.C9H17NO2.C9H19N.C9H18O.C8H17NO.C7H14N2O.C6H12.C6H14.C4H10/c1-8(2)9-4-6-10(3,11)7-5-9;1-8(2)7-9(11)10-3-5-12-6-4-10;1-8(2)9-4-6-10(3)7-5-9;2*1-8(2)7-9-3-5-10-6-4-9;1-6(2)9-4-3-8-7(10)5-9;1-5(2)6-3-4-6;1-5(2)6(3)4;1-4(2)3/h8-9,11H,4-7H2,1-3H3;8H,3-7H2,1-2H3;8-9H,4-7H2,1-3H3;8-9H,3-7H2,1-2H3;8H,3-7H2,1-2H3;6H,3-5H2,1-2H3,(H,8,10);5-6H,3-4H2,1-2H3;5-6H,1-4H3;4H,1-3H3. The van der Waals surface area contributed by atoms with E-state index >= 15 is 0 Å². The number of nitrogens with zero attached hydrogens (tertiary/aromatic N) is 4. The maximum Gasteiger partial charge on any atom is 0.234 e. The predicted octanol–water partition coefficient (Wildman–Crippen LogP) is 14.7. The van der Waals surface area contributed by atoms with Gasteiger partial charge in [-0.1, -0.05) is 132 Å². The van der Waals surface area contributed by atoms with Crippen molar-refractivity contribution >= 4 is 11.8 Å². The number of carbonyl (C=O) groups excluding carboxylic acids is 2. The molecule has 474 valence electrons. The summed E-state index contributed by atoms with van der Waals surface area (Å²) < 4.78 is 15.7. The zero-order valence-electron chi connectivity index (χ0n) is 57.2. The van der Waals surface area contributed by atoms with E-state index in [1.54, 1.807) is 0 Å². The van der Waals surface area contributed by atoms with Crippen LogP contribution < -0.4 is 5.32 Å². The molecule has 11 heteroatoms. The number of nitrogens with one attached hydrogen (secondary N) is 1. The van der Waals surface area contributed by atoms with Crippen LogP contribution in [-0.4, -0.2) is 160 Å². The highest BCUT2D eigenvalue weighted by molar-refractivity contribution is 5.78. The highest BCUT2D eigenvalue weighted by atomic mass is 16.5. The number of piperazine rings is 1. The third kappa shape index (κ3) is 48.7. The molecule has 0 aromatic heterocycles. The van der Waals surface area contributed by atoms with Gasteiger partial charge in [0.15, 0.2) is 0 Å². The van der Waals surface area contributed by atoms with E-state index in [2.05, 4.69) is 172 Å². The molecule has 0 aromatic rings. The van der Waals surface area contributed by atoms with Crippen molar-refractivity contribution < 1.29 is 28.9 Å². The molecular weight excluding hydrogens is 983 g/mol. The van der Waals surface area contributed by atoms with Crippen molar-refractivity contribution in [3.05, 3.63) is 0 Å². The number of aliphatic hydroxyl groups is 1. The van der Waals surface area contributed by atoms with Gasteiger partial charge >= 0.3 is 0 Å². The van der Waals surface area contributed by atoms with Crippen LogP contribution in [0.1, 0.15) is 229 Å². The van der Waals surface area contributed by atoms with Crippen LogP contribution in [0.2, 0.25) is 0 Å². The van der Waals surface area contributed by atoms with Crippen molar-refractivity contribution in [2.75, 3.05) is 112 Å². The Morgan fingerprint density at radius 2 is 0.975 bits per heavy atom. The minimum absolute atomic E-state index is 0.153. The van der Waals surface area contributed by atoms with Crippen molar-refractivity contribution in [2.45, 2.75) is 241 Å². The fourth-order valence-electron chi connectivity index (χ4n) is 9.73. The third-order valence-corrected chi connectivity index (χ3v) is 16.3. The monoisotopic (exact) mass is 1120 g/mol. The highest BCUT2D eigenvalue weighted by Gasteiger charge is 2.30. The fourth-order valence-corrected chi connectivity index (χ4v) is 9.73. The number of likely N-dealkylation sites (tertiary alicyclic amines) is 1. The maximum atomic E-state index is 11.5. The van der Waals surface area contributed by atoms with E-state index in [9.17, 15) is 14.7 Å². The molecule has 11 nitrogen and oxygen atoms in total. The van der Waals surface area contributed by atoms with Crippen LogP contribution in [0.3, 0.4) is 0 Å². The Hall–Kier alpha value is -1.34. The Morgan fingerprint density at radius 3 is 1.32 bits per heavy atom. The van der Waals surface area contributed by atoms with Gasteiger partial charge in [-0.25, -0.2) is 0 Å². The van der Waals surface area contributed by atoms with Crippen LogP contribution in [0.4, 0.5) is 0 Å². The van der Waals surface area contributed by atoms with Crippen molar-refractivity contribution in [2.24, 2.45) is 76.9 Å². The summed E-state index contributed by atoms with van der Waals surface area (Å²) in [5.41, 5.74) is -0.356. The Kier molecular flexibility index (Phi) is 47.4. The van der Waals surface area contributed by atoms with Crippen LogP contribution in [0.25, 0.3) is 0 Å². The Labute approximate surface area is 493 Å². The first kappa shape index (κ1) is 79.7. The SMILES string of the molecule is CC(C)C.CC(C)C(C)C.CC(C)C1CC1.CC(C)C1CCC(C)(O)CC1.CC(C)C1CCN(C)CC1.CC(C)CC(=O)N1CCOCC1.CC(C)CC1CCOCC1.CC(C)CN1CCOCC1.CC(C)N1CCNC(=O)C1. The molecule has 0 aromatic carbocycles. The van der Waals surface area contributed by atoms with Gasteiger partial charge in [-0.05, 0) is 188 Å². The second kappa shape index (κ2) is 47.0. The fraction of sp³-hybridized carbons (Fsp3) is 0.971. The molecule has 0 spiro atoms. The number of hydrogen-bond donors (Lipinski definition) is 2. The normalized spacial score (nSPS) is 22.6. The third-order valence-electron chi connectivity index (χ3n) is 16.3. The van der Waals surface area contributed by atoms with Crippen molar-refractivity contribution in [3.8, 4) is 0 Å². The second-order valence-electron chi connectivity index (χ2n) is 28.8. The van der Waals surface area contributed by atoms with Crippen molar-refractivity contribution in [3.63, 3.8) is 0 Å². The van der Waals surface area contributed by atoms with Gasteiger partial charge in [-0.15, -0.1) is 0 Å². The van der Waals surface area contributed by atoms with Gasteiger partial charge in [0.2, 0.25) is 11.8 Å². The van der Waals surface area contributed by atoms with Crippen molar-refractivity contribution in [1.82, 2.24) is 24.9 Å². The Bertz CT molecular complexity index is 1340. The molecule has 7 aliphatic rings. The summed E-state index contributed by atoms with van der Waals surface area (Å²) in [6.07, 6.45) is 14.9. The van der Waals surface area contributed by atoms with Gasteiger partial charge in [0, 0.05) is 71.5 Å². The molecule has 5 heterocycles. The molecule has 5 saturated heterocycles. The Morgan fingerprint density at radius 1 is 0.557 bits per heavy atom. The van der Waals surface area contributed by atoms with Gasteiger partial charge in [-0.2, -0.15) is 0 Å². The Balaban J connectivity index is 0. The number of piperidine rings is 1. The van der Waals surface area contributed by atoms with Gasteiger partial charge in [0.05, 0.1) is 38.6 Å². The summed E-state index contributed by atoms with van der Waals surface area (Å²) in [5.74, 6) is 11.6. The van der Waals surface area contributed by atoms with Crippen LogP contribution >= 0.6 is 0 Å². The van der Waals surface area contributed by atoms with E-state index in [4.69, 9.17) is 14.2 Å². The molecule has 2 aliphatic carbocycles. The smallest absolute Gasteiger partial charge is 0.234 e. The average Bonchev–Trinajstić information content (AvgIpc) is 4.23. The molecule has 0 unspecified atom stereocenters. The number of ether oxygens (including phenoxy) is 3. The molecule has 0 bridgehead atoms. The first-order chi connectivity index (χ1) is 36.9. The molecule has 7 fully saturated rings. The number of rotatable bonds is 11. The van der Waals surface area contributed by atoms with E-state index in [-0.39, 0.29) is 17.4 Å². The number of hydrogen-bond acceptors (Lipinski definition) is 9. The molecule has 2 N–H and O–H groups in total. The van der Waals surface area contributed by atoms with Crippen LogP contribution in [0, 0.1) is 76.9 Å². The number of carbonyl (C=O) groups is 2. The molecule has 79 heavy (non-hydrogen) atoms. The van der Waals surface area contributed by atoms with Gasteiger partial charge in [0.25, 0.3) is 0 Å². The molecule has 0 atom stereocenters. The first-order valence-electron chi connectivity index (χ1n) is 33.0. The van der Waals surface area contributed by atoms with E-state index in [1.165, 1.54) is 77.4 Å². The van der Waals surface area contributed by atoms with Gasteiger partial charge in [-0.3, -0.25) is 19.4 Å². The predicted molar refractivity (Wildman–Crippen MR) is 342 cm³/mol. The molecule has 0 radical (unpaired) electrons. The van der Waals surface area contributed by atoms with E-state index < -0.39 is 0 Å². The second-order valence-corrected chi connectivity index (χ2v) is 28.8. The van der Waals surface area contributed by atoms with E-state index in [0.29, 0.717) is 38.1 Å². The number of amides is 2.